The van der Waals surface area contributed by atoms with E-state index in [1.807, 2.05) is 12.1 Å². The Morgan fingerprint density at radius 1 is 1.19 bits per heavy atom. The van der Waals surface area contributed by atoms with E-state index in [9.17, 15) is 4.39 Å². The molecular formula is C22H23FN2O. The second kappa shape index (κ2) is 7.04. The van der Waals surface area contributed by atoms with Crippen LogP contribution in [0.5, 0.6) is 0 Å². The third-order valence-electron chi connectivity index (χ3n) is 4.94. The van der Waals surface area contributed by atoms with Crippen molar-refractivity contribution in [3.05, 3.63) is 71.4 Å². The van der Waals surface area contributed by atoms with Crippen LogP contribution in [0.2, 0.25) is 0 Å². The molecule has 0 N–H and O–H groups in total. The van der Waals surface area contributed by atoms with Gasteiger partial charge in [0.2, 0.25) is 5.89 Å². The molecule has 1 aliphatic heterocycles. The van der Waals surface area contributed by atoms with Gasteiger partial charge < -0.3 is 4.42 Å². The Labute approximate surface area is 153 Å². The first-order chi connectivity index (χ1) is 12.6. The van der Waals surface area contributed by atoms with Gasteiger partial charge in [0, 0.05) is 25.2 Å². The molecule has 0 radical (unpaired) electrons. The normalized spacial score (nSPS) is 15.6. The van der Waals surface area contributed by atoms with Gasteiger partial charge in [-0.3, -0.25) is 4.90 Å². The molecule has 2 heterocycles. The number of nitrogens with zero attached hydrogens (tertiary/aromatic N) is 2. The van der Waals surface area contributed by atoms with E-state index in [-0.39, 0.29) is 5.82 Å². The van der Waals surface area contributed by atoms with E-state index >= 15 is 0 Å². The molecule has 4 rings (SSSR count). The molecule has 0 saturated carbocycles. The Hall–Kier alpha value is -2.46. The van der Waals surface area contributed by atoms with Gasteiger partial charge in [-0.1, -0.05) is 38.1 Å². The number of hydrogen-bond acceptors (Lipinski definition) is 3. The summed E-state index contributed by atoms with van der Waals surface area (Å²) in [6.07, 6.45) is 3.07. The molecule has 3 aromatic rings. The number of aromatic nitrogens is 1. The van der Waals surface area contributed by atoms with Crippen molar-refractivity contribution >= 4 is 16.7 Å². The molecule has 134 valence electrons. The van der Waals surface area contributed by atoms with Crippen molar-refractivity contribution in [2.75, 3.05) is 13.1 Å². The van der Waals surface area contributed by atoms with Crippen LogP contribution >= 0.6 is 0 Å². The van der Waals surface area contributed by atoms with Crippen LogP contribution in [0.1, 0.15) is 43.2 Å². The zero-order valence-electron chi connectivity index (χ0n) is 15.2. The lowest BCUT2D eigenvalue weighted by Gasteiger charge is -2.25. The molecular weight excluding hydrogens is 327 g/mol. The fourth-order valence-electron chi connectivity index (χ4n) is 3.38. The molecule has 4 heteroatoms. The van der Waals surface area contributed by atoms with Crippen molar-refractivity contribution in [2.24, 2.45) is 0 Å². The summed E-state index contributed by atoms with van der Waals surface area (Å²) >= 11 is 0. The SMILES string of the molecule is CC(C)c1ccc2oc(C3=CCN(Cc4cccc(F)c4)CC3)nc2c1. The quantitative estimate of drug-likeness (QED) is 0.633. The first-order valence-corrected chi connectivity index (χ1v) is 9.15. The van der Waals surface area contributed by atoms with E-state index in [0.29, 0.717) is 5.92 Å². The van der Waals surface area contributed by atoms with Gasteiger partial charge in [-0.25, -0.2) is 9.37 Å². The zero-order valence-corrected chi connectivity index (χ0v) is 15.2. The highest BCUT2D eigenvalue weighted by atomic mass is 19.1. The number of fused-ring (bicyclic) bond motifs is 1. The average molecular weight is 350 g/mol. The van der Waals surface area contributed by atoms with Crippen molar-refractivity contribution in [3.63, 3.8) is 0 Å². The minimum atomic E-state index is -0.178. The highest BCUT2D eigenvalue weighted by Gasteiger charge is 2.18. The van der Waals surface area contributed by atoms with Crippen molar-refractivity contribution in [1.29, 1.82) is 0 Å². The minimum absolute atomic E-state index is 0.178. The summed E-state index contributed by atoms with van der Waals surface area (Å²) in [6, 6.07) is 13.1. The van der Waals surface area contributed by atoms with E-state index in [1.165, 1.54) is 11.6 Å². The van der Waals surface area contributed by atoms with Gasteiger partial charge in [-0.15, -0.1) is 0 Å². The van der Waals surface area contributed by atoms with Crippen LogP contribution in [0, 0.1) is 5.82 Å². The van der Waals surface area contributed by atoms with Gasteiger partial charge in [0.25, 0.3) is 0 Å². The Morgan fingerprint density at radius 2 is 2.08 bits per heavy atom. The second-order valence-electron chi connectivity index (χ2n) is 7.25. The molecule has 0 bridgehead atoms. The highest BCUT2D eigenvalue weighted by molar-refractivity contribution is 5.77. The Morgan fingerprint density at radius 3 is 2.81 bits per heavy atom. The van der Waals surface area contributed by atoms with E-state index in [0.717, 1.165) is 54.2 Å². The first kappa shape index (κ1) is 17.0. The lowest BCUT2D eigenvalue weighted by atomic mass is 10.0. The molecule has 2 aromatic carbocycles. The molecule has 0 amide bonds. The van der Waals surface area contributed by atoms with Crippen LogP contribution in [0.4, 0.5) is 4.39 Å². The molecule has 0 unspecified atom stereocenters. The van der Waals surface area contributed by atoms with Crippen LogP contribution in [-0.2, 0) is 6.54 Å². The largest absolute Gasteiger partial charge is 0.436 e. The van der Waals surface area contributed by atoms with Gasteiger partial charge in [0.1, 0.15) is 11.3 Å². The molecule has 3 nitrogen and oxygen atoms in total. The molecule has 0 fully saturated rings. The van der Waals surface area contributed by atoms with Crippen molar-refractivity contribution in [1.82, 2.24) is 9.88 Å². The van der Waals surface area contributed by atoms with Gasteiger partial charge in [0.15, 0.2) is 5.58 Å². The summed E-state index contributed by atoms with van der Waals surface area (Å²) in [7, 11) is 0. The van der Waals surface area contributed by atoms with Crippen LogP contribution in [0.3, 0.4) is 0 Å². The van der Waals surface area contributed by atoms with Crippen molar-refractivity contribution in [3.8, 4) is 0 Å². The maximum atomic E-state index is 13.3. The Balaban J connectivity index is 1.49. The topological polar surface area (TPSA) is 29.3 Å². The predicted molar refractivity (Wildman–Crippen MR) is 102 cm³/mol. The number of halogens is 1. The highest BCUT2D eigenvalue weighted by Crippen LogP contribution is 2.28. The Kier molecular flexibility index (Phi) is 4.60. The smallest absolute Gasteiger partial charge is 0.222 e. The number of hydrogen-bond donors (Lipinski definition) is 0. The maximum absolute atomic E-state index is 13.3. The Bertz CT molecular complexity index is 958. The van der Waals surface area contributed by atoms with Crippen molar-refractivity contribution in [2.45, 2.75) is 32.7 Å². The summed E-state index contributed by atoms with van der Waals surface area (Å²) in [6.45, 7) is 6.85. The molecule has 0 spiro atoms. The number of rotatable bonds is 4. The summed E-state index contributed by atoms with van der Waals surface area (Å²) in [5.74, 6) is 1.03. The van der Waals surface area contributed by atoms with Gasteiger partial charge in [0.05, 0.1) is 0 Å². The van der Waals surface area contributed by atoms with E-state index < -0.39 is 0 Å². The molecule has 26 heavy (non-hydrogen) atoms. The fourth-order valence-corrected chi connectivity index (χ4v) is 3.38. The monoisotopic (exact) mass is 350 g/mol. The standard InChI is InChI=1S/C22H23FN2O/c1-15(2)18-6-7-21-20(13-18)24-22(26-21)17-8-10-25(11-9-17)14-16-4-3-5-19(23)12-16/h3-8,12-13,15H,9-11,14H2,1-2H3. The predicted octanol–water partition coefficient (Wildman–Crippen LogP) is 5.38. The molecule has 0 atom stereocenters. The minimum Gasteiger partial charge on any atom is -0.436 e. The number of oxazole rings is 1. The summed E-state index contributed by atoms with van der Waals surface area (Å²) in [5.41, 5.74) is 5.20. The van der Waals surface area contributed by atoms with E-state index in [1.54, 1.807) is 12.1 Å². The second-order valence-corrected chi connectivity index (χ2v) is 7.25. The maximum Gasteiger partial charge on any atom is 0.222 e. The first-order valence-electron chi connectivity index (χ1n) is 9.15. The summed E-state index contributed by atoms with van der Waals surface area (Å²) < 4.78 is 19.3. The molecule has 0 aliphatic carbocycles. The molecule has 1 aliphatic rings. The molecule has 1 aromatic heterocycles. The fraction of sp³-hybridized carbons (Fsp3) is 0.318. The zero-order chi connectivity index (χ0) is 18.1. The van der Waals surface area contributed by atoms with Crippen molar-refractivity contribution < 1.29 is 8.81 Å². The third kappa shape index (κ3) is 3.56. The summed E-state index contributed by atoms with van der Waals surface area (Å²) in [4.78, 5) is 7.00. The molecule has 0 saturated heterocycles. The van der Waals surface area contributed by atoms with Crippen LogP contribution in [-0.4, -0.2) is 23.0 Å². The van der Waals surface area contributed by atoms with Gasteiger partial charge in [-0.2, -0.15) is 0 Å². The third-order valence-corrected chi connectivity index (χ3v) is 4.94. The summed E-state index contributed by atoms with van der Waals surface area (Å²) in [5, 5.41) is 0. The van der Waals surface area contributed by atoms with Crippen LogP contribution in [0.25, 0.3) is 16.7 Å². The van der Waals surface area contributed by atoms with Gasteiger partial charge >= 0.3 is 0 Å². The van der Waals surface area contributed by atoms with Gasteiger partial charge in [-0.05, 0) is 47.7 Å². The number of benzene rings is 2. The van der Waals surface area contributed by atoms with E-state index in [2.05, 4.69) is 37.0 Å². The van der Waals surface area contributed by atoms with E-state index in [4.69, 9.17) is 9.40 Å². The average Bonchev–Trinajstić information content (AvgIpc) is 3.05. The lowest BCUT2D eigenvalue weighted by Crippen LogP contribution is -2.28. The van der Waals surface area contributed by atoms with Crippen LogP contribution in [0.15, 0.2) is 53.0 Å². The lowest BCUT2D eigenvalue weighted by molar-refractivity contribution is 0.292. The van der Waals surface area contributed by atoms with Crippen LogP contribution < -0.4 is 0 Å².